The molecule has 0 amide bonds. The molecule has 2 unspecified atom stereocenters. The molecule has 3 N–H and O–H groups in total. The van der Waals surface area contributed by atoms with Gasteiger partial charge in [0, 0.05) is 39.8 Å². The zero-order valence-electron chi connectivity index (χ0n) is 18.7. The maximum atomic E-state index is 13.4. The number of nitrogens with zero attached hydrogens (tertiary/aromatic N) is 5. The highest BCUT2D eigenvalue weighted by Gasteiger charge is 2.50. The number of aromatic nitrogens is 2. The minimum absolute atomic E-state index is 0.0319. The molecular weight excluding hydrogens is 455 g/mol. The van der Waals surface area contributed by atoms with Gasteiger partial charge in [0.25, 0.3) is 5.56 Å². The molecule has 10 nitrogen and oxygen atoms in total. The lowest BCUT2D eigenvalue weighted by molar-refractivity contribution is -0.203. The maximum absolute atomic E-state index is 13.4. The van der Waals surface area contributed by atoms with Crippen molar-refractivity contribution in [3.63, 3.8) is 0 Å². The van der Waals surface area contributed by atoms with Crippen molar-refractivity contribution in [1.82, 2.24) is 14.5 Å². The normalized spacial score (nSPS) is 20.9. The van der Waals surface area contributed by atoms with Gasteiger partial charge in [-0.2, -0.15) is 18.2 Å². The number of halogens is 3. The van der Waals surface area contributed by atoms with Crippen molar-refractivity contribution in [3.8, 4) is 0 Å². The summed E-state index contributed by atoms with van der Waals surface area (Å²) in [5.74, 6) is -2.47. The molecule has 184 valence electrons. The molecule has 0 spiro atoms. The Morgan fingerprint density at radius 1 is 1.29 bits per heavy atom. The fraction of sp³-hybridized carbons (Fsp3) is 0.476. The predicted molar refractivity (Wildman–Crippen MR) is 119 cm³/mol. The average Bonchev–Trinajstić information content (AvgIpc) is 3.09. The lowest BCUT2D eigenvalue weighted by Gasteiger charge is -2.42. The highest BCUT2D eigenvalue weighted by atomic mass is 19.4. The monoisotopic (exact) mass is 481 g/mol. The van der Waals surface area contributed by atoms with Crippen molar-refractivity contribution in [3.05, 3.63) is 46.2 Å². The Morgan fingerprint density at radius 2 is 2.00 bits per heavy atom. The quantitative estimate of drug-likeness (QED) is 0.655. The Labute approximate surface area is 193 Å². The Morgan fingerprint density at radius 3 is 2.62 bits per heavy atom. The number of hydroxylamine groups is 1. The first-order valence-electron chi connectivity index (χ1n) is 10.8. The van der Waals surface area contributed by atoms with Crippen LogP contribution in [0.5, 0.6) is 0 Å². The first kappa shape index (κ1) is 23.8. The standard InChI is InChI=1S/C21H26F3N7O3/c1-26-19-27-16-15(17(32)28(19)2)30(11-13-7-4-3-5-8-13)20(29-10-6-9-14(25)12-29)31(16)34-18(33)21(22,23)24/h3-5,7-8,14,20H,6,9-12,25H2,1-2H3,(H,26,27). The SMILES string of the molecule is CNc1nc2c(c(=O)n1C)N(Cc1ccccc1)C(N1CCCC(N)C1)N2OC(=O)C(F)(F)F. The first-order chi connectivity index (χ1) is 16.1. The van der Waals surface area contributed by atoms with E-state index in [0.29, 0.717) is 19.5 Å². The van der Waals surface area contributed by atoms with Crippen molar-refractivity contribution in [2.24, 2.45) is 12.8 Å². The summed E-state index contributed by atoms with van der Waals surface area (Å²) >= 11 is 0. The van der Waals surface area contributed by atoms with Crippen LogP contribution in [0, 0.1) is 0 Å². The summed E-state index contributed by atoms with van der Waals surface area (Å²) in [4.78, 5) is 37.9. The molecule has 0 aliphatic carbocycles. The first-order valence-corrected chi connectivity index (χ1v) is 10.8. The van der Waals surface area contributed by atoms with Crippen LogP contribution in [0.3, 0.4) is 0 Å². The second kappa shape index (κ2) is 9.14. The van der Waals surface area contributed by atoms with E-state index >= 15 is 0 Å². The molecule has 2 aliphatic rings. The lowest BCUT2D eigenvalue weighted by atomic mass is 10.1. The molecule has 0 bridgehead atoms. The number of nitrogens with two attached hydrogens (primary N) is 1. The van der Waals surface area contributed by atoms with Gasteiger partial charge in [0.2, 0.25) is 11.8 Å². The number of benzene rings is 1. The molecule has 2 atom stereocenters. The number of piperidine rings is 1. The highest BCUT2D eigenvalue weighted by Crippen LogP contribution is 2.40. The number of fused-ring (bicyclic) bond motifs is 1. The third-order valence-electron chi connectivity index (χ3n) is 5.88. The zero-order valence-corrected chi connectivity index (χ0v) is 18.7. The number of likely N-dealkylation sites (tertiary alicyclic amines) is 1. The molecule has 0 saturated carbocycles. The maximum Gasteiger partial charge on any atom is 0.493 e. The molecule has 3 heterocycles. The predicted octanol–water partition coefficient (Wildman–Crippen LogP) is 1.38. The van der Waals surface area contributed by atoms with Gasteiger partial charge in [-0.15, -0.1) is 5.06 Å². The Balaban J connectivity index is 1.87. The van der Waals surface area contributed by atoms with Crippen molar-refractivity contribution in [1.29, 1.82) is 0 Å². The van der Waals surface area contributed by atoms with Gasteiger partial charge in [-0.05, 0) is 18.4 Å². The fourth-order valence-corrected chi connectivity index (χ4v) is 4.33. The Hall–Kier alpha value is -3.32. The van der Waals surface area contributed by atoms with E-state index in [2.05, 4.69) is 10.3 Å². The van der Waals surface area contributed by atoms with Crippen LogP contribution < -0.4 is 26.6 Å². The molecular formula is C21H26F3N7O3. The van der Waals surface area contributed by atoms with Gasteiger partial charge in [0.1, 0.15) is 0 Å². The number of anilines is 3. The number of hydrogen-bond acceptors (Lipinski definition) is 9. The molecule has 1 fully saturated rings. The van der Waals surface area contributed by atoms with E-state index in [1.54, 1.807) is 9.80 Å². The van der Waals surface area contributed by atoms with Gasteiger partial charge in [-0.25, -0.2) is 4.79 Å². The third kappa shape index (κ3) is 4.40. The second-order valence-corrected chi connectivity index (χ2v) is 8.28. The summed E-state index contributed by atoms with van der Waals surface area (Å²) in [7, 11) is 3.02. The van der Waals surface area contributed by atoms with E-state index in [0.717, 1.165) is 17.0 Å². The van der Waals surface area contributed by atoms with Crippen molar-refractivity contribution >= 4 is 23.4 Å². The van der Waals surface area contributed by atoms with Gasteiger partial charge in [-0.1, -0.05) is 30.3 Å². The second-order valence-electron chi connectivity index (χ2n) is 8.28. The van der Waals surface area contributed by atoms with Gasteiger partial charge < -0.3 is 20.8 Å². The number of hydrogen-bond donors (Lipinski definition) is 2. The smallest absolute Gasteiger partial charge is 0.359 e. The van der Waals surface area contributed by atoms with E-state index in [4.69, 9.17) is 10.6 Å². The number of alkyl halides is 3. The fourth-order valence-electron chi connectivity index (χ4n) is 4.33. The van der Waals surface area contributed by atoms with Crippen molar-refractivity contribution < 1.29 is 22.8 Å². The molecule has 1 saturated heterocycles. The minimum Gasteiger partial charge on any atom is -0.359 e. The van der Waals surface area contributed by atoms with Crippen LogP contribution in [-0.2, 0) is 23.2 Å². The average molecular weight is 481 g/mol. The largest absolute Gasteiger partial charge is 0.493 e. The highest BCUT2D eigenvalue weighted by molar-refractivity contribution is 5.80. The zero-order chi connectivity index (χ0) is 24.6. The van der Waals surface area contributed by atoms with Crippen LogP contribution in [0.25, 0.3) is 0 Å². The Kier molecular flexibility index (Phi) is 6.41. The summed E-state index contributed by atoms with van der Waals surface area (Å²) in [6.07, 6.45) is -4.83. The summed E-state index contributed by atoms with van der Waals surface area (Å²) in [5.41, 5.74) is 6.50. The van der Waals surface area contributed by atoms with Gasteiger partial charge >= 0.3 is 12.1 Å². The summed E-state index contributed by atoms with van der Waals surface area (Å²) < 4.78 is 40.8. The van der Waals surface area contributed by atoms with E-state index in [-0.39, 0.29) is 30.0 Å². The lowest BCUT2D eigenvalue weighted by Crippen LogP contribution is -2.60. The molecule has 2 aromatic rings. The van der Waals surface area contributed by atoms with Crippen LogP contribution in [-0.4, -0.2) is 59.1 Å². The van der Waals surface area contributed by atoms with Crippen LogP contribution in [0.4, 0.5) is 30.6 Å². The molecule has 13 heteroatoms. The number of rotatable bonds is 5. The van der Waals surface area contributed by atoms with Crippen molar-refractivity contribution in [2.45, 2.75) is 37.9 Å². The molecule has 2 aliphatic heterocycles. The van der Waals surface area contributed by atoms with Gasteiger partial charge in [-0.3, -0.25) is 14.3 Å². The van der Waals surface area contributed by atoms with E-state index in [1.807, 2.05) is 30.3 Å². The molecule has 1 aromatic heterocycles. The molecule has 34 heavy (non-hydrogen) atoms. The third-order valence-corrected chi connectivity index (χ3v) is 5.88. The molecule has 4 rings (SSSR count). The number of nitrogens with one attached hydrogen (secondary N) is 1. The topological polar surface area (TPSA) is 109 Å². The summed E-state index contributed by atoms with van der Waals surface area (Å²) in [6, 6.07) is 8.92. The van der Waals surface area contributed by atoms with Crippen LogP contribution >= 0.6 is 0 Å². The molecule has 0 radical (unpaired) electrons. The molecule has 1 aromatic carbocycles. The van der Waals surface area contributed by atoms with Crippen LogP contribution in [0.1, 0.15) is 18.4 Å². The van der Waals surface area contributed by atoms with E-state index in [9.17, 15) is 22.8 Å². The minimum atomic E-state index is -5.23. The summed E-state index contributed by atoms with van der Waals surface area (Å²) in [6.45, 7) is 0.986. The van der Waals surface area contributed by atoms with Crippen LogP contribution in [0.15, 0.2) is 35.1 Å². The van der Waals surface area contributed by atoms with Gasteiger partial charge in [0.15, 0.2) is 12.0 Å². The van der Waals surface area contributed by atoms with Crippen LogP contribution in [0.2, 0.25) is 0 Å². The number of carbonyl (C=O) groups is 1. The van der Waals surface area contributed by atoms with E-state index < -0.39 is 24.0 Å². The summed E-state index contributed by atoms with van der Waals surface area (Å²) in [5, 5.41) is 3.53. The Bertz CT molecular complexity index is 1110. The van der Waals surface area contributed by atoms with Crippen molar-refractivity contribution in [2.75, 3.05) is 35.4 Å². The number of carbonyl (C=O) groups excluding carboxylic acids is 1. The van der Waals surface area contributed by atoms with E-state index in [1.165, 1.54) is 18.7 Å². The van der Waals surface area contributed by atoms with Gasteiger partial charge in [0.05, 0.1) is 0 Å².